The second-order valence-electron chi connectivity index (χ2n) is 1.90. The van der Waals surface area contributed by atoms with Gasteiger partial charge < -0.3 is 0 Å². The molecule has 0 atom stereocenters. The van der Waals surface area contributed by atoms with Gasteiger partial charge in [0.05, 0.1) is 0 Å². The third kappa shape index (κ3) is 1.94. The van der Waals surface area contributed by atoms with Crippen molar-refractivity contribution in [3.05, 3.63) is 35.4 Å². The molecule has 1 aromatic carbocycles. The molecule has 0 aliphatic rings. The van der Waals surface area contributed by atoms with Crippen LogP contribution >= 0.6 is 23.8 Å². The van der Waals surface area contributed by atoms with Gasteiger partial charge in [-0.05, 0) is 18.2 Å². The summed E-state index contributed by atoms with van der Waals surface area (Å²) < 4.78 is 24.8. The van der Waals surface area contributed by atoms with E-state index in [9.17, 15) is 8.78 Å². The summed E-state index contributed by atoms with van der Waals surface area (Å²) in [5.74, 6) is -1.84. The van der Waals surface area contributed by atoms with Crippen LogP contribution in [0.5, 0.6) is 0 Å². The predicted molar refractivity (Wildman–Crippen MR) is 43.9 cm³/mol. The minimum absolute atomic E-state index is 0.0314. The quantitative estimate of drug-likeness (QED) is 0.487. The molecule has 1 rings (SSSR count). The molecule has 0 aromatic heterocycles. The molecule has 0 spiro atoms. The Hall–Kier alpha value is -0.540. The summed E-state index contributed by atoms with van der Waals surface area (Å²) in [6, 6.07) is 3.28. The van der Waals surface area contributed by atoms with Crippen molar-refractivity contribution >= 4 is 28.1 Å². The first kappa shape index (κ1) is 8.56. The fraction of sp³-hybridized carbons (Fsp3) is 0. The molecule has 0 heterocycles. The van der Waals surface area contributed by atoms with E-state index in [0.717, 1.165) is 12.1 Å². The second-order valence-corrected chi connectivity index (χ2v) is 2.91. The third-order valence-electron chi connectivity index (χ3n) is 1.15. The van der Waals surface area contributed by atoms with Crippen LogP contribution in [0.15, 0.2) is 18.2 Å². The lowest BCUT2D eigenvalue weighted by Crippen LogP contribution is -1.90. The predicted octanol–water partition coefficient (Wildman–Crippen LogP) is 2.88. The molecule has 0 amide bonds. The number of rotatable bonds is 1. The van der Waals surface area contributed by atoms with Crippen molar-refractivity contribution in [1.29, 1.82) is 0 Å². The highest BCUT2D eigenvalue weighted by Crippen LogP contribution is 2.11. The van der Waals surface area contributed by atoms with Crippen molar-refractivity contribution in [2.75, 3.05) is 0 Å². The number of hydrogen-bond donors (Lipinski definition) is 0. The van der Waals surface area contributed by atoms with Crippen molar-refractivity contribution in [3.63, 3.8) is 0 Å². The standard InChI is InChI=1S/C7H3ClF2S/c8-7(11)4-1-2-5(9)6(10)3-4/h1-3H. The van der Waals surface area contributed by atoms with Crippen molar-refractivity contribution in [2.24, 2.45) is 0 Å². The van der Waals surface area contributed by atoms with E-state index in [1.165, 1.54) is 6.07 Å². The SMILES string of the molecule is Fc1ccc(C(=S)Cl)cc1F. The largest absolute Gasteiger partial charge is 0.204 e. The van der Waals surface area contributed by atoms with Crippen molar-refractivity contribution < 1.29 is 8.78 Å². The third-order valence-corrected chi connectivity index (χ3v) is 1.60. The Labute approximate surface area is 72.8 Å². The highest BCUT2D eigenvalue weighted by Gasteiger charge is 2.03. The topological polar surface area (TPSA) is 0 Å². The molecule has 0 saturated carbocycles. The van der Waals surface area contributed by atoms with Gasteiger partial charge in [-0.25, -0.2) is 8.78 Å². The molecule has 0 aliphatic carbocycles. The van der Waals surface area contributed by atoms with E-state index in [2.05, 4.69) is 12.2 Å². The molecule has 0 nitrogen and oxygen atoms in total. The molecule has 0 bridgehead atoms. The molecule has 0 unspecified atom stereocenters. The second kappa shape index (κ2) is 3.24. The lowest BCUT2D eigenvalue weighted by atomic mass is 10.2. The summed E-state index contributed by atoms with van der Waals surface area (Å²) in [6.45, 7) is 0. The fourth-order valence-electron chi connectivity index (χ4n) is 0.618. The van der Waals surface area contributed by atoms with Crippen LogP contribution in [-0.4, -0.2) is 4.32 Å². The van der Waals surface area contributed by atoms with E-state index in [-0.39, 0.29) is 4.32 Å². The first-order valence-corrected chi connectivity index (χ1v) is 3.55. The van der Waals surface area contributed by atoms with Gasteiger partial charge >= 0.3 is 0 Å². The molecule has 0 fully saturated rings. The molecule has 58 valence electrons. The fourth-order valence-corrected chi connectivity index (χ4v) is 0.863. The summed E-state index contributed by atoms with van der Waals surface area (Å²) in [4.78, 5) is 0. The minimum Gasteiger partial charge on any atom is -0.204 e. The van der Waals surface area contributed by atoms with Crippen LogP contribution in [0, 0.1) is 11.6 Å². The van der Waals surface area contributed by atoms with E-state index in [1.807, 2.05) is 0 Å². The maximum atomic E-state index is 12.4. The van der Waals surface area contributed by atoms with Crippen LogP contribution < -0.4 is 0 Å². The van der Waals surface area contributed by atoms with Gasteiger partial charge in [-0.2, -0.15) is 0 Å². The summed E-state index contributed by atoms with van der Waals surface area (Å²) in [5.41, 5.74) is 0.320. The lowest BCUT2D eigenvalue weighted by molar-refractivity contribution is 0.508. The minimum atomic E-state index is -0.939. The smallest absolute Gasteiger partial charge is 0.159 e. The molecular formula is C7H3ClF2S. The van der Waals surface area contributed by atoms with Crippen LogP contribution in [0.3, 0.4) is 0 Å². The molecule has 0 aliphatic heterocycles. The van der Waals surface area contributed by atoms with Gasteiger partial charge in [-0.3, -0.25) is 0 Å². The van der Waals surface area contributed by atoms with Gasteiger partial charge in [0.15, 0.2) is 11.6 Å². The first-order valence-electron chi connectivity index (χ1n) is 2.76. The van der Waals surface area contributed by atoms with Crippen LogP contribution in [0.1, 0.15) is 5.56 Å². The Morgan fingerprint density at radius 3 is 2.36 bits per heavy atom. The Morgan fingerprint density at radius 2 is 1.91 bits per heavy atom. The Balaban J connectivity index is 3.15. The molecule has 0 saturated heterocycles. The number of thiocarbonyl (C=S) groups is 1. The van der Waals surface area contributed by atoms with Gasteiger partial charge in [-0.15, -0.1) is 0 Å². The van der Waals surface area contributed by atoms with E-state index < -0.39 is 11.6 Å². The Morgan fingerprint density at radius 1 is 1.27 bits per heavy atom. The molecule has 4 heteroatoms. The highest BCUT2D eigenvalue weighted by molar-refractivity contribution is 7.83. The van der Waals surface area contributed by atoms with E-state index in [0.29, 0.717) is 5.56 Å². The molecule has 0 radical (unpaired) electrons. The van der Waals surface area contributed by atoms with Crippen LogP contribution in [0.4, 0.5) is 8.78 Å². The van der Waals surface area contributed by atoms with Crippen molar-refractivity contribution in [3.8, 4) is 0 Å². The maximum Gasteiger partial charge on any atom is 0.159 e. The summed E-state index contributed by atoms with van der Waals surface area (Å²) in [6.07, 6.45) is 0. The molecular weight excluding hydrogens is 190 g/mol. The zero-order chi connectivity index (χ0) is 8.43. The average Bonchev–Trinajstić information content (AvgIpc) is 1.94. The van der Waals surface area contributed by atoms with Crippen LogP contribution in [0.2, 0.25) is 0 Å². The van der Waals surface area contributed by atoms with Gasteiger partial charge in [0.2, 0.25) is 0 Å². The van der Waals surface area contributed by atoms with Crippen LogP contribution in [0.25, 0.3) is 0 Å². The summed E-state index contributed by atoms with van der Waals surface area (Å²) in [5, 5.41) is 0. The van der Waals surface area contributed by atoms with Gasteiger partial charge in [0, 0.05) is 5.56 Å². The van der Waals surface area contributed by atoms with E-state index >= 15 is 0 Å². The summed E-state index contributed by atoms with van der Waals surface area (Å²) in [7, 11) is 0. The Bertz CT molecular complexity index is 298. The van der Waals surface area contributed by atoms with Gasteiger partial charge in [0.25, 0.3) is 0 Å². The van der Waals surface area contributed by atoms with Crippen LogP contribution in [-0.2, 0) is 0 Å². The lowest BCUT2D eigenvalue weighted by Gasteiger charge is -1.95. The van der Waals surface area contributed by atoms with Crippen molar-refractivity contribution in [1.82, 2.24) is 0 Å². The van der Waals surface area contributed by atoms with E-state index in [4.69, 9.17) is 11.6 Å². The van der Waals surface area contributed by atoms with Gasteiger partial charge in [0.1, 0.15) is 4.32 Å². The zero-order valence-corrected chi connectivity index (χ0v) is 6.85. The molecule has 0 N–H and O–H groups in total. The zero-order valence-electron chi connectivity index (χ0n) is 5.27. The average molecular weight is 193 g/mol. The molecule has 1 aromatic rings. The highest BCUT2D eigenvalue weighted by atomic mass is 35.5. The first-order chi connectivity index (χ1) is 5.11. The maximum absolute atomic E-state index is 12.4. The number of halogens is 3. The number of benzene rings is 1. The normalized spacial score (nSPS) is 9.73. The van der Waals surface area contributed by atoms with Gasteiger partial charge in [-0.1, -0.05) is 23.8 Å². The number of hydrogen-bond acceptors (Lipinski definition) is 1. The Kier molecular flexibility index (Phi) is 2.52. The summed E-state index contributed by atoms with van der Waals surface area (Å²) >= 11 is 9.91. The van der Waals surface area contributed by atoms with Crippen molar-refractivity contribution in [2.45, 2.75) is 0 Å². The van der Waals surface area contributed by atoms with E-state index in [1.54, 1.807) is 0 Å². The monoisotopic (exact) mass is 192 g/mol. The molecule has 11 heavy (non-hydrogen) atoms.